The highest BCUT2D eigenvalue weighted by Crippen LogP contribution is 2.18. The van der Waals surface area contributed by atoms with E-state index in [1.54, 1.807) is 0 Å². The number of anilines is 1. The Bertz CT molecular complexity index is 639. The van der Waals surface area contributed by atoms with Crippen LogP contribution in [0.2, 0.25) is 0 Å². The molecule has 3 rings (SSSR count). The quantitative estimate of drug-likeness (QED) is 0.636. The van der Waals surface area contributed by atoms with E-state index in [1.807, 2.05) is 24.3 Å². The van der Waals surface area contributed by atoms with Gasteiger partial charge in [-0.2, -0.15) is 5.10 Å². The van der Waals surface area contributed by atoms with Crippen LogP contribution < -0.4 is 15.4 Å². The van der Waals surface area contributed by atoms with Crippen LogP contribution in [0.15, 0.2) is 30.6 Å². The molecule has 1 aromatic carbocycles. The molecule has 2 amide bonds. The number of nitrogens with one attached hydrogen (secondary N) is 3. The summed E-state index contributed by atoms with van der Waals surface area (Å²) in [6.07, 6.45) is 5.36. The summed E-state index contributed by atoms with van der Waals surface area (Å²) in [5.41, 5.74) is 0.720. The first-order valence-electron chi connectivity index (χ1n) is 8.53. The molecule has 0 radical (unpaired) electrons. The van der Waals surface area contributed by atoms with Crippen LogP contribution in [0.5, 0.6) is 5.75 Å². The summed E-state index contributed by atoms with van der Waals surface area (Å²) < 4.78 is 11.2. The predicted molar refractivity (Wildman–Crippen MR) is 92.6 cm³/mol. The van der Waals surface area contributed by atoms with Gasteiger partial charge >= 0.3 is 6.03 Å². The van der Waals surface area contributed by atoms with Gasteiger partial charge in [-0.3, -0.25) is 5.10 Å². The van der Waals surface area contributed by atoms with Crippen molar-refractivity contribution in [1.29, 1.82) is 0 Å². The summed E-state index contributed by atoms with van der Waals surface area (Å²) in [5.74, 6) is 1.59. The zero-order chi connectivity index (χ0) is 17.3. The molecular weight excluding hydrogens is 322 g/mol. The maximum Gasteiger partial charge on any atom is 0.319 e. The second-order valence-corrected chi connectivity index (χ2v) is 5.89. The van der Waals surface area contributed by atoms with Crippen LogP contribution >= 0.6 is 0 Å². The number of carbonyl (C=O) groups excluding carboxylic acids is 1. The van der Waals surface area contributed by atoms with E-state index in [0.29, 0.717) is 13.2 Å². The van der Waals surface area contributed by atoms with Crippen LogP contribution in [0.1, 0.15) is 25.1 Å². The number of hydrogen-bond donors (Lipinski definition) is 3. The van der Waals surface area contributed by atoms with Crippen molar-refractivity contribution in [3.63, 3.8) is 0 Å². The monoisotopic (exact) mass is 345 g/mol. The van der Waals surface area contributed by atoms with Crippen molar-refractivity contribution in [3.8, 4) is 5.75 Å². The van der Waals surface area contributed by atoms with E-state index in [4.69, 9.17) is 9.47 Å². The van der Waals surface area contributed by atoms with Crippen molar-refractivity contribution in [2.45, 2.75) is 31.8 Å². The van der Waals surface area contributed by atoms with Crippen LogP contribution in [0.25, 0.3) is 0 Å². The van der Waals surface area contributed by atoms with E-state index in [1.165, 1.54) is 6.33 Å². The minimum atomic E-state index is -0.231. The second kappa shape index (κ2) is 9.03. The molecule has 0 bridgehead atoms. The van der Waals surface area contributed by atoms with Crippen molar-refractivity contribution in [3.05, 3.63) is 36.4 Å². The lowest BCUT2D eigenvalue weighted by atomic mass is 10.2. The number of aromatic amines is 1. The van der Waals surface area contributed by atoms with Gasteiger partial charge in [0, 0.05) is 25.3 Å². The Balaban J connectivity index is 1.33. The Morgan fingerprint density at radius 2 is 2.24 bits per heavy atom. The highest BCUT2D eigenvalue weighted by Gasteiger charge is 2.15. The van der Waals surface area contributed by atoms with Crippen molar-refractivity contribution in [2.24, 2.45) is 0 Å². The summed E-state index contributed by atoms with van der Waals surface area (Å²) in [6, 6.07) is 7.09. The van der Waals surface area contributed by atoms with E-state index >= 15 is 0 Å². The molecule has 1 fully saturated rings. The van der Waals surface area contributed by atoms with Crippen molar-refractivity contribution < 1.29 is 14.3 Å². The number of benzene rings is 1. The first-order chi connectivity index (χ1) is 12.3. The summed E-state index contributed by atoms with van der Waals surface area (Å²) in [7, 11) is 0. The Morgan fingerprint density at radius 3 is 2.96 bits per heavy atom. The fourth-order valence-corrected chi connectivity index (χ4v) is 2.58. The molecule has 0 aliphatic carbocycles. The number of rotatable bonds is 8. The minimum absolute atomic E-state index is 0.195. The standard InChI is InChI=1S/C17H23N5O3/c23-17(18-9-1-4-16-19-12-20-22-16)21-13-5-7-14(8-6-13)25-11-15-3-2-10-24-15/h5-8,12,15H,1-4,9-11H2,(H2,18,21,23)(H,19,20,22)/t15-/m0/s1. The summed E-state index contributed by atoms with van der Waals surface area (Å²) in [5, 5.41) is 12.2. The van der Waals surface area contributed by atoms with Crippen LogP contribution in [0.4, 0.5) is 10.5 Å². The molecule has 134 valence electrons. The number of H-pyrrole nitrogens is 1. The van der Waals surface area contributed by atoms with Gasteiger partial charge in [0.2, 0.25) is 0 Å². The molecule has 1 aromatic heterocycles. The number of hydrogen-bond acceptors (Lipinski definition) is 5. The topological polar surface area (TPSA) is 101 Å². The normalized spacial score (nSPS) is 16.6. The fraction of sp³-hybridized carbons (Fsp3) is 0.471. The predicted octanol–water partition coefficient (Wildman–Crippen LogP) is 2.12. The Morgan fingerprint density at radius 1 is 1.36 bits per heavy atom. The SMILES string of the molecule is O=C(NCCCc1ncn[nH]1)Nc1ccc(OC[C@@H]2CCCO2)cc1. The first kappa shape index (κ1) is 17.2. The zero-order valence-electron chi connectivity index (χ0n) is 14.0. The van der Waals surface area contributed by atoms with Gasteiger partial charge in [-0.05, 0) is 43.5 Å². The van der Waals surface area contributed by atoms with Gasteiger partial charge in [0.25, 0.3) is 0 Å². The molecule has 8 nitrogen and oxygen atoms in total. The van der Waals surface area contributed by atoms with Gasteiger partial charge in [-0.1, -0.05) is 0 Å². The highest BCUT2D eigenvalue weighted by molar-refractivity contribution is 5.89. The molecule has 1 aliphatic rings. The third kappa shape index (κ3) is 5.75. The molecule has 1 aliphatic heterocycles. The lowest BCUT2D eigenvalue weighted by Crippen LogP contribution is -2.29. The van der Waals surface area contributed by atoms with Crippen molar-refractivity contribution in [2.75, 3.05) is 25.1 Å². The van der Waals surface area contributed by atoms with Gasteiger partial charge in [0.15, 0.2) is 0 Å². The van der Waals surface area contributed by atoms with Crippen LogP contribution in [-0.4, -0.2) is 47.1 Å². The number of ether oxygens (including phenoxy) is 2. The van der Waals surface area contributed by atoms with Gasteiger partial charge in [-0.25, -0.2) is 9.78 Å². The molecule has 1 saturated heterocycles. The zero-order valence-corrected chi connectivity index (χ0v) is 14.0. The molecule has 0 spiro atoms. The largest absolute Gasteiger partial charge is 0.491 e. The number of aryl methyl sites for hydroxylation is 1. The average molecular weight is 345 g/mol. The Hall–Kier alpha value is -2.61. The van der Waals surface area contributed by atoms with Gasteiger partial charge in [-0.15, -0.1) is 0 Å². The van der Waals surface area contributed by atoms with Gasteiger partial charge in [0.05, 0.1) is 6.10 Å². The number of nitrogens with zero attached hydrogens (tertiary/aromatic N) is 2. The van der Waals surface area contributed by atoms with Gasteiger partial charge < -0.3 is 20.1 Å². The molecule has 0 unspecified atom stereocenters. The summed E-state index contributed by atoms with van der Waals surface area (Å²) in [4.78, 5) is 15.9. The van der Waals surface area contributed by atoms with E-state index in [0.717, 1.165) is 49.6 Å². The van der Waals surface area contributed by atoms with Crippen molar-refractivity contribution >= 4 is 11.7 Å². The van der Waals surface area contributed by atoms with Gasteiger partial charge in [0.1, 0.15) is 24.5 Å². The molecule has 2 heterocycles. The van der Waals surface area contributed by atoms with Crippen LogP contribution in [-0.2, 0) is 11.2 Å². The summed E-state index contributed by atoms with van der Waals surface area (Å²) >= 11 is 0. The van der Waals surface area contributed by atoms with E-state index < -0.39 is 0 Å². The van der Waals surface area contributed by atoms with Crippen molar-refractivity contribution in [1.82, 2.24) is 20.5 Å². The maximum absolute atomic E-state index is 11.9. The number of urea groups is 1. The average Bonchev–Trinajstić information content (AvgIpc) is 3.32. The van der Waals surface area contributed by atoms with E-state index in [9.17, 15) is 4.79 Å². The minimum Gasteiger partial charge on any atom is -0.491 e. The summed E-state index contributed by atoms with van der Waals surface area (Å²) in [6.45, 7) is 1.96. The lowest BCUT2D eigenvalue weighted by Gasteiger charge is -2.12. The first-order valence-corrected chi connectivity index (χ1v) is 8.53. The molecule has 3 N–H and O–H groups in total. The van der Waals surface area contributed by atoms with Crippen LogP contribution in [0.3, 0.4) is 0 Å². The molecular formula is C17H23N5O3. The van der Waals surface area contributed by atoms with E-state index in [2.05, 4.69) is 25.8 Å². The van der Waals surface area contributed by atoms with E-state index in [-0.39, 0.29) is 12.1 Å². The number of amides is 2. The highest BCUT2D eigenvalue weighted by atomic mass is 16.5. The molecule has 25 heavy (non-hydrogen) atoms. The molecule has 0 saturated carbocycles. The fourth-order valence-electron chi connectivity index (χ4n) is 2.58. The molecule has 1 atom stereocenters. The number of aromatic nitrogens is 3. The maximum atomic E-state index is 11.9. The smallest absolute Gasteiger partial charge is 0.319 e. The third-order valence-electron chi connectivity index (χ3n) is 3.91. The number of carbonyl (C=O) groups is 1. The third-order valence-corrected chi connectivity index (χ3v) is 3.91. The molecule has 8 heteroatoms. The lowest BCUT2D eigenvalue weighted by molar-refractivity contribution is 0.0679. The Kier molecular flexibility index (Phi) is 6.22. The van der Waals surface area contributed by atoms with Crippen LogP contribution in [0, 0.1) is 0 Å². The Labute approximate surface area is 146 Å². The second-order valence-electron chi connectivity index (χ2n) is 5.89. The molecule has 2 aromatic rings.